The highest BCUT2D eigenvalue weighted by molar-refractivity contribution is 5.99. The third kappa shape index (κ3) is 6.56. The Morgan fingerprint density at radius 1 is 1.00 bits per heavy atom. The van der Waals surface area contributed by atoms with Gasteiger partial charge in [-0.15, -0.1) is 0 Å². The van der Waals surface area contributed by atoms with Gasteiger partial charge in [0.15, 0.2) is 0 Å². The van der Waals surface area contributed by atoms with Crippen molar-refractivity contribution in [2.75, 3.05) is 7.11 Å². The fraction of sp³-hybridized carbons (Fsp3) is 0.286. The van der Waals surface area contributed by atoms with Crippen LogP contribution in [0.3, 0.4) is 0 Å². The molecule has 0 saturated carbocycles. The van der Waals surface area contributed by atoms with Gasteiger partial charge < -0.3 is 14.8 Å². The van der Waals surface area contributed by atoms with Crippen molar-refractivity contribution in [2.24, 2.45) is 0 Å². The number of nitro benzene ring substituents is 2. The van der Waals surface area contributed by atoms with Crippen molar-refractivity contribution in [1.82, 2.24) is 5.32 Å². The number of non-ortho nitro benzene ring substituents is 1. The molecule has 0 fully saturated rings. The number of carbonyl (C=O) groups excluding carboxylic acids is 3. The molecular formula is C21H21N3O9. The minimum Gasteiger partial charge on any atom is -0.465 e. The quantitative estimate of drug-likeness (QED) is 0.336. The van der Waals surface area contributed by atoms with Crippen LogP contribution < -0.4 is 5.32 Å². The van der Waals surface area contributed by atoms with Gasteiger partial charge in [-0.1, -0.05) is 18.2 Å². The molecule has 1 unspecified atom stereocenters. The predicted octanol–water partition coefficient (Wildman–Crippen LogP) is 3.10. The molecular weight excluding hydrogens is 438 g/mol. The zero-order chi connectivity index (χ0) is 24.7. The Morgan fingerprint density at radius 3 is 2.21 bits per heavy atom. The third-order valence-electron chi connectivity index (χ3n) is 4.36. The van der Waals surface area contributed by atoms with E-state index in [9.17, 15) is 34.6 Å². The fourth-order valence-corrected chi connectivity index (χ4v) is 2.99. The van der Waals surface area contributed by atoms with Crippen LogP contribution in [0.4, 0.5) is 11.4 Å². The van der Waals surface area contributed by atoms with Crippen LogP contribution in [0.25, 0.3) is 0 Å². The summed E-state index contributed by atoms with van der Waals surface area (Å²) in [7, 11) is 1.08. The SMILES string of the molecule is COC(=O)c1cc(C(=O)NC(CC(=O)OC(C)C)c2ccccc2[N+](=O)[O-])cc([N+](=O)[O-])c1. The van der Waals surface area contributed by atoms with E-state index in [-0.39, 0.29) is 22.4 Å². The maximum Gasteiger partial charge on any atom is 0.338 e. The second kappa shape index (κ2) is 10.8. The standard InChI is InChI=1S/C21H21N3O9/c1-12(2)33-19(25)11-17(16-6-4-5-7-18(16)24(30)31)22-20(26)13-8-14(21(27)32-3)10-15(9-13)23(28)29/h4-10,12,17H,11H2,1-3H3,(H,22,26). The molecule has 0 aliphatic rings. The Hall–Kier alpha value is -4.35. The highest BCUT2D eigenvalue weighted by atomic mass is 16.6. The Kier molecular flexibility index (Phi) is 8.15. The number of rotatable bonds is 9. The van der Waals surface area contributed by atoms with E-state index in [1.54, 1.807) is 13.8 Å². The molecule has 1 N–H and O–H groups in total. The first kappa shape index (κ1) is 24.9. The molecule has 0 aromatic heterocycles. The van der Waals surface area contributed by atoms with Crippen molar-refractivity contribution < 1.29 is 33.7 Å². The number of ether oxygens (including phenoxy) is 2. The van der Waals surface area contributed by atoms with Crippen molar-refractivity contribution in [3.05, 3.63) is 79.4 Å². The lowest BCUT2D eigenvalue weighted by Crippen LogP contribution is -2.31. The van der Waals surface area contributed by atoms with Crippen LogP contribution in [0.5, 0.6) is 0 Å². The number of nitrogens with zero attached hydrogens (tertiary/aromatic N) is 2. The van der Waals surface area contributed by atoms with E-state index in [0.29, 0.717) is 0 Å². The summed E-state index contributed by atoms with van der Waals surface area (Å²) in [5.74, 6) is -2.52. The number of hydrogen-bond donors (Lipinski definition) is 1. The zero-order valence-corrected chi connectivity index (χ0v) is 18.0. The topological polar surface area (TPSA) is 168 Å². The zero-order valence-electron chi connectivity index (χ0n) is 18.0. The van der Waals surface area contributed by atoms with Crippen molar-refractivity contribution in [1.29, 1.82) is 0 Å². The molecule has 174 valence electrons. The highest BCUT2D eigenvalue weighted by Crippen LogP contribution is 2.28. The first-order valence-corrected chi connectivity index (χ1v) is 9.65. The number of nitro groups is 2. The van der Waals surface area contributed by atoms with Crippen molar-refractivity contribution in [2.45, 2.75) is 32.4 Å². The largest absolute Gasteiger partial charge is 0.465 e. The molecule has 0 radical (unpaired) electrons. The van der Waals surface area contributed by atoms with Crippen molar-refractivity contribution in [3.8, 4) is 0 Å². The first-order valence-electron chi connectivity index (χ1n) is 9.65. The summed E-state index contributed by atoms with van der Waals surface area (Å²) in [6.45, 7) is 3.24. The van der Waals surface area contributed by atoms with Gasteiger partial charge in [0, 0.05) is 23.8 Å². The molecule has 33 heavy (non-hydrogen) atoms. The van der Waals surface area contributed by atoms with Crippen molar-refractivity contribution in [3.63, 3.8) is 0 Å². The summed E-state index contributed by atoms with van der Waals surface area (Å²) in [4.78, 5) is 58.3. The highest BCUT2D eigenvalue weighted by Gasteiger charge is 2.28. The van der Waals surface area contributed by atoms with Gasteiger partial charge in [0.05, 0.1) is 46.6 Å². The summed E-state index contributed by atoms with van der Waals surface area (Å²) in [5, 5.41) is 25.2. The smallest absolute Gasteiger partial charge is 0.338 e. The lowest BCUT2D eigenvalue weighted by Gasteiger charge is -2.19. The predicted molar refractivity (Wildman–Crippen MR) is 114 cm³/mol. The summed E-state index contributed by atoms with van der Waals surface area (Å²) in [5.41, 5.74) is -1.35. The molecule has 1 amide bonds. The van der Waals surface area contributed by atoms with E-state index in [2.05, 4.69) is 10.1 Å². The number of carbonyl (C=O) groups is 3. The molecule has 0 bridgehead atoms. The molecule has 12 nitrogen and oxygen atoms in total. The van der Waals surface area contributed by atoms with E-state index in [1.165, 1.54) is 24.3 Å². The average Bonchev–Trinajstić information content (AvgIpc) is 2.76. The monoisotopic (exact) mass is 459 g/mol. The minimum atomic E-state index is -1.19. The number of methoxy groups -OCH3 is 1. The van der Waals surface area contributed by atoms with E-state index >= 15 is 0 Å². The van der Waals surface area contributed by atoms with Crippen LogP contribution in [0.1, 0.15) is 52.6 Å². The Balaban J connectivity index is 2.48. The molecule has 2 aromatic carbocycles. The van der Waals surface area contributed by atoms with E-state index in [0.717, 1.165) is 25.3 Å². The Morgan fingerprint density at radius 2 is 1.64 bits per heavy atom. The second-order valence-electron chi connectivity index (χ2n) is 7.10. The number of nitrogens with one attached hydrogen (secondary N) is 1. The van der Waals surface area contributed by atoms with Crippen LogP contribution in [0, 0.1) is 20.2 Å². The molecule has 0 aliphatic heterocycles. The third-order valence-corrected chi connectivity index (χ3v) is 4.36. The molecule has 12 heteroatoms. The number of para-hydroxylation sites is 1. The first-order chi connectivity index (χ1) is 15.5. The summed E-state index contributed by atoms with van der Waals surface area (Å²) in [6, 6.07) is 7.29. The summed E-state index contributed by atoms with van der Waals surface area (Å²) in [6.07, 6.45) is -0.896. The maximum atomic E-state index is 12.9. The number of benzene rings is 2. The van der Waals surface area contributed by atoms with Gasteiger partial charge in [0.25, 0.3) is 17.3 Å². The molecule has 0 spiro atoms. The molecule has 1 atom stereocenters. The number of amides is 1. The fourth-order valence-electron chi connectivity index (χ4n) is 2.99. The van der Waals surface area contributed by atoms with Crippen LogP contribution >= 0.6 is 0 Å². The number of esters is 2. The van der Waals surface area contributed by atoms with Gasteiger partial charge in [-0.3, -0.25) is 29.8 Å². The summed E-state index contributed by atoms with van der Waals surface area (Å²) < 4.78 is 9.65. The van der Waals surface area contributed by atoms with E-state index < -0.39 is 51.9 Å². The summed E-state index contributed by atoms with van der Waals surface area (Å²) >= 11 is 0. The number of hydrogen-bond acceptors (Lipinski definition) is 9. The van der Waals surface area contributed by atoms with Crippen LogP contribution in [-0.2, 0) is 14.3 Å². The minimum absolute atomic E-state index is 0.0372. The van der Waals surface area contributed by atoms with Gasteiger partial charge >= 0.3 is 11.9 Å². The molecule has 2 aromatic rings. The second-order valence-corrected chi connectivity index (χ2v) is 7.10. The van der Waals surface area contributed by atoms with E-state index in [4.69, 9.17) is 4.74 Å². The molecule has 0 saturated heterocycles. The van der Waals surface area contributed by atoms with Crippen LogP contribution in [-0.4, -0.2) is 40.9 Å². The lowest BCUT2D eigenvalue weighted by atomic mass is 10.0. The Bertz CT molecular complexity index is 1100. The maximum absolute atomic E-state index is 12.9. The normalized spacial score (nSPS) is 11.4. The van der Waals surface area contributed by atoms with Gasteiger partial charge in [-0.2, -0.15) is 0 Å². The van der Waals surface area contributed by atoms with Gasteiger partial charge in [0.1, 0.15) is 0 Å². The van der Waals surface area contributed by atoms with Crippen LogP contribution in [0.2, 0.25) is 0 Å². The van der Waals surface area contributed by atoms with Crippen molar-refractivity contribution >= 4 is 29.2 Å². The Labute approximate surface area is 187 Å². The molecule has 0 aliphatic carbocycles. The lowest BCUT2D eigenvalue weighted by molar-refractivity contribution is -0.385. The van der Waals surface area contributed by atoms with E-state index in [1.807, 2.05) is 0 Å². The van der Waals surface area contributed by atoms with Gasteiger partial charge in [-0.25, -0.2) is 4.79 Å². The molecule has 2 rings (SSSR count). The molecule has 0 heterocycles. The van der Waals surface area contributed by atoms with Gasteiger partial charge in [0.2, 0.25) is 0 Å². The van der Waals surface area contributed by atoms with Gasteiger partial charge in [-0.05, 0) is 19.9 Å². The van der Waals surface area contributed by atoms with Crippen LogP contribution in [0.15, 0.2) is 42.5 Å². The average molecular weight is 459 g/mol.